The fourth-order valence-corrected chi connectivity index (χ4v) is 4.01. The number of rotatable bonds is 5. The summed E-state index contributed by atoms with van der Waals surface area (Å²) in [5.41, 5.74) is 8.09. The minimum Gasteiger partial charge on any atom is -0.446 e. The largest absolute Gasteiger partial charge is 0.446 e. The molecule has 0 amide bonds. The highest BCUT2D eigenvalue weighted by molar-refractivity contribution is 8.01. The van der Waals surface area contributed by atoms with E-state index in [0.717, 1.165) is 26.8 Å². The number of carbonyl (C=O) groups excluding carboxylic acids is 1. The summed E-state index contributed by atoms with van der Waals surface area (Å²) < 4.78 is 4.37. The van der Waals surface area contributed by atoms with Crippen LogP contribution < -0.4 is 5.73 Å². The second-order valence-electron chi connectivity index (χ2n) is 6.91. The SMILES string of the molecule is CC(N)OC(=O)C(C)(C)Sc1ccncc1-c1ccc(C#N)c2ccccc12. The molecule has 1 atom stereocenters. The summed E-state index contributed by atoms with van der Waals surface area (Å²) in [7, 11) is 0. The van der Waals surface area contributed by atoms with E-state index in [1.807, 2.05) is 56.3 Å². The molecule has 2 aromatic carbocycles. The third-order valence-corrected chi connectivity index (χ3v) is 5.52. The molecule has 3 rings (SSSR count). The fraction of sp³-hybridized carbons (Fsp3) is 0.227. The minimum atomic E-state index is -0.827. The lowest BCUT2D eigenvalue weighted by atomic mass is 9.96. The van der Waals surface area contributed by atoms with E-state index in [1.165, 1.54) is 11.8 Å². The predicted molar refractivity (Wildman–Crippen MR) is 112 cm³/mol. The molecule has 0 saturated heterocycles. The van der Waals surface area contributed by atoms with Gasteiger partial charge in [-0.1, -0.05) is 30.3 Å². The number of hydrogen-bond donors (Lipinski definition) is 1. The van der Waals surface area contributed by atoms with Gasteiger partial charge in [0.05, 0.1) is 11.6 Å². The van der Waals surface area contributed by atoms with Crippen molar-refractivity contribution in [2.75, 3.05) is 0 Å². The van der Waals surface area contributed by atoms with Gasteiger partial charge in [-0.3, -0.25) is 15.5 Å². The molecule has 0 saturated carbocycles. The van der Waals surface area contributed by atoms with Gasteiger partial charge in [0.1, 0.15) is 11.0 Å². The van der Waals surface area contributed by atoms with E-state index in [-0.39, 0.29) is 5.97 Å². The van der Waals surface area contributed by atoms with Gasteiger partial charge < -0.3 is 4.74 Å². The van der Waals surface area contributed by atoms with Crippen molar-refractivity contribution in [3.63, 3.8) is 0 Å². The number of carbonyl (C=O) groups is 1. The van der Waals surface area contributed by atoms with Gasteiger partial charge in [0.15, 0.2) is 0 Å². The Hall–Kier alpha value is -2.88. The molecule has 6 heteroatoms. The summed E-state index contributed by atoms with van der Waals surface area (Å²) >= 11 is 1.40. The average molecular weight is 391 g/mol. The van der Waals surface area contributed by atoms with Crippen molar-refractivity contribution in [1.82, 2.24) is 4.98 Å². The van der Waals surface area contributed by atoms with E-state index in [2.05, 4.69) is 11.1 Å². The van der Waals surface area contributed by atoms with Crippen molar-refractivity contribution in [1.29, 1.82) is 5.26 Å². The maximum atomic E-state index is 12.4. The van der Waals surface area contributed by atoms with Gasteiger partial charge in [-0.05, 0) is 43.9 Å². The van der Waals surface area contributed by atoms with Crippen LogP contribution in [0.1, 0.15) is 26.3 Å². The van der Waals surface area contributed by atoms with Crippen molar-refractivity contribution in [3.05, 3.63) is 60.4 Å². The highest BCUT2D eigenvalue weighted by Crippen LogP contribution is 2.41. The Balaban J connectivity index is 2.09. The molecule has 0 aliphatic rings. The first-order valence-corrected chi connectivity index (χ1v) is 9.67. The highest BCUT2D eigenvalue weighted by Gasteiger charge is 2.32. The number of nitrogens with zero attached hydrogens (tertiary/aromatic N) is 2. The normalized spacial score (nSPS) is 12.4. The molecule has 0 fully saturated rings. The van der Waals surface area contributed by atoms with Gasteiger partial charge in [-0.2, -0.15) is 5.26 Å². The van der Waals surface area contributed by atoms with Crippen molar-refractivity contribution in [3.8, 4) is 17.2 Å². The number of aromatic nitrogens is 1. The van der Waals surface area contributed by atoms with Gasteiger partial charge in [0.2, 0.25) is 0 Å². The standard InChI is InChI=1S/C22H21N3O2S/c1-14(24)27-21(26)22(2,3)28-20-10-11-25-13-19(20)18-9-8-15(12-23)16-6-4-5-7-17(16)18/h4-11,13-14H,24H2,1-3H3. The Morgan fingerprint density at radius 2 is 1.89 bits per heavy atom. The van der Waals surface area contributed by atoms with Gasteiger partial charge in [-0.25, -0.2) is 0 Å². The quantitative estimate of drug-likeness (QED) is 0.391. The zero-order valence-corrected chi connectivity index (χ0v) is 16.8. The van der Waals surface area contributed by atoms with Crippen LogP contribution in [0.5, 0.6) is 0 Å². The van der Waals surface area contributed by atoms with E-state index in [4.69, 9.17) is 10.5 Å². The third-order valence-electron chi connectivity index (χ3n) is 4.27. The fourth-order valence-electron chi connectivity index (χ4n) is 2.93. The topological polar surface area (TPSA) is 89.0 Å². The Labute approximate surface area is 168 Å². The van der Waals surface area contributed by atoms with Gasteiger partial charge >= 0.3 is 5.97 Å². The average Bonchev–Trinajstić information content (AvgIpc) is 2.67. The van der Waals surface area contributed by atoms with Crippen LogP contribution in [0, 0.1) is 11.3 Å². The lowest BCUT2D eigenvalue weighted by molar-refractivity contribution is -0.149. The molecule has 0 aliphatic carbocycles. The number of nitrogens with two attached hydrogens (primary N) is 1. The molecule has 1 aromatic heterocycles. The molecule has 0 spiro atoms. The number of pyridine rings is 1. The Morgan fingerprint density at radius 3 is 2.57 bits per heavy atom. The summed E-state index contributed by atoms with van der Waals surface area (Å²) in [4.78, 5) is 17.6. The van der Waals surface area contributed by atoms with Gasteiger partial charge in [0, 0.05) is 28.2 Å². The first kappa shape index (κ1) is 19.9. The minimum absolute atomic E-state index is 0.375. The lowest BCUT2D eigenvalue weighted by Crippen LogP contribution is -2.35. The zero-order chi connectivity index (χ0) is 20.3. The van der Waals surface area contributed by atoms with E-state index in [0.29, 0.717) is 5.56 Å². The van der Waals surface area contributed by atoms with Crippen LogP contribution in [-0.4, -0.2) is 21.9 Å². The highest BCUT2D eigenvalue weighted by atomic mass is 32.2. The summed E-state index contributed by atoms with van der Waals surface area (Å²) in [5.74, 6) is -0.375. The summed E-state index contributed by atoms with van der Waals surface area (Å²) in [6, 6.07) is 15.6. The van der Waals surface area contributed by atoms with E-state index in [1.54, 1.807) is 19.3 Å². The number of benzene rings is 2. The molecule has 28 heavy (non-hydrogen) atoms. The van der Waals surface area contributed by atoms with Crippen molar-refractivity contribution >= 4 is 28.5 Å². The van der Waals surface area contributed by atoms with Crippen molar-refractivity contribution < 1.29 is 9.53 Å². The van der Waals surface area contributed by atoms with E-state index < -0.39 is 11.0 Å². The zero-order valence-electron chi connectivity index (χ0n) is 16.0. The number of hydrogen-bond acceptors (Lipinski definition) is 6. The number of ether oxygens (including phenoxy) is 1. The summed E-state index contributed by atoms with van der Waals surface area (Å²) in [6.45, 7) is 5.24. The second kappa shape index (κ2) is 8.01. The molecule has 5 nitrogen and oxygen atoms in total. The van der Waals surface area contributed by atoms with Crippen molar-refractivity contribution in [2.24, 2.45) is 5.73 Å². The monoisotopic (exact) mass is 391 g/mol. The number of esters is 1. The molecule has 3 aromatic rings. The Kier molecular flexibility index (Phi) is 5.68. The lowest BCUT2D eigenvalue weighted by Gasteiger charge is -2.24. The third kappa shape index (κ3) is 4.01. The Bertz CT molecular complexity index is 1070. The van der Waals surface area contributed by atoms with Crippen LogP contribution in [0.2, 0.25) is 0 Å². The smallest absolute Gasteiger partial charge is 0.323 e. The summed E-state index contributed by atoms with van der Waals surface area (Å²) in [5, 5.41) is 11.3. The van der Waals surface area contributed by atoms with Crippen LogP contribution in [0.4, 0.5) is 0 Å². The van der Waals surface area contributed by atoms with Gasteiger partial charge in [-0.15, -0.1) is 11.8 Å². The summed E-state index contributed by atoms with van der Waals surface area (Å²) in [6.07, 6.45) is 2.82. The Morgan fingerprint density at radius 1 is 1.18 bits per heavy atom. The molecular formula is C22H21N3O2S. The number of thioether (sulfide) groups is 1. The second-order valence-corrected chi connectivity index (χ2v) is 8.58. The van der Waals surface area contributed by atoms with Crippen LogP contribution in [0.3, 0.4) is 0 Å². The van der Waals surface area contributed by atoms with Crippen LogP contribution >= 0.6 is 11.8 Å². The molecule has 1 heterocycles. The van der Waals surface area contributed by atoms with Crippen LogP contribution in [-0.2, 0) is 9.53 Å². The number of nitriles is 1. The molecule has 0 aliphatic heterocycles. The molecule has 0 bridgehead atoms. The molecule has 142 valence electrons. The van der Waals surface area contributed by atoms with Crippen LogP contribution in [0.15, 0.2) is 59.8 Å². The molecular weight excluding hydrogens is 370 g/mol. The number of fused-ring (bicyclic) bond motifs is 1. The van der Waals surface area contributed by atoms with E-state index in [9.17, 15) is 10.1 Å². The predicted octanol–water partition coefficient (Wildman–Crippen LogP) is 4.49. The first-order chi connectivity index (χ1) is 13.3. The molecule has 2 N–H and O–H groups in total. The van der Waals surface area contributed by atoms with Crippen molar-refractivity contribution in [2.45, 2.75) is 36.6 Å². The maximum absolute atomic E-state index is 12.4. The first-order valence-electron chi connectivity index (χ1n) is 8.85. The molecule has 1 unspecified atom stereocenters. The molecule has 0 radical (unpaired) electrons. The van der Waals surface area contributed by atoms with Gasteiger partial charge in [0.25, 0.3) is 0 Å². The van der Waals surface area contributed by atoms with Crippen LogP contribution in [0.25, 0.3) is 21.9 Å². The van der Waals surface area contributed by atoms with E-state index >= 15 is 0 Å². The maximum Gasteiger partial charge on any atom is 0.323 e.